The Morgan fingerprint density at radius 1 is 1.44 bits per heavy atom. The second kappa shape index (κ2) is 4.62. The van der Waals surface area contributed by atoms with Crippen LogP contribution in [0.5, 0.6) is 0 Å². The van der Waals surface area contributed by atoms with Gasteiger partial charge in [-0.15, -0.1) is 0 Å². The van der Waals surface area contributed by atoms with Crippen molar-refractivity contribution in [3.05, 3.63) is 33.8 Å². The van der Waals surface area contributed by atoms with Crippen LogP contribution in [0.25, 0.3) is 0 Å². The van der Waals surface area contributed by atoms with Crippen molar-refractivity contribution in [2.24, 2.45) is 5.73 Å². The molecule has 0 radical (unpaired) electrons. The Labute approximate surface area is 104 Å². The Morgan fingerprint density at radius 3 is 2.75 bits per heavy atom. The molecular weight excluding hydrogens is 247 g/mol. The summed E-state index contributed by atoms with van der Waals surface area (Å²) in [6.45, 7) is 1.29. The van der Waals surface area contributed by atoms with Crippen LogP contribution in [0.2, 0.25) is 10.0 Å². The van der Waals surface area contributed by atoms with Crippen molar-refractivity contribution in [3.63, 3.8) is 0 Å². The zero-order chi connectivity index (χ0) is 11.7. The lowest BCUT2D eigenvalue weighted by molar-refractivity contribution is 0.0791. The summed E-state index contributed by atoms with van der Waals surface area (Å²) in [6.07, 6.45) is 0.844. The number of rotatable bonds is 1. The Bertz CT molecular complexity index is 422. The fourth-order valence-corrected chi connectivity index (χ4v) is 2.29. The Balaban J connectivity index is 2.21. The van der Waals surface area contributed by atoms with Gasteiger partial charge in [-0.05, 0) is 24.6 Å². The smallest absolute Gasteiger partial charge is 0.255 e. The van der Waals surface area contributed by atoms with E-state index < -0.39 is 0 Å². The first-order valence-electron chi connectivity index (χ1n) is 5.08. The van der Waals surface area contributed by atoms with Crippen LogP contribution in [0.15, 0.2) is 18.2 Å². The maximum Gasteiger partial charge on any atom is 0.255 e. The van der Waals surface area contributed by atoms with E-state index in [1.54, 1.807) is 23.1 Å². The summed E-state index contributed by atoms with van der Waals surface area (Å²) in [4.78, 5) is 13.8. The van der Waals surface area contributed by atoms with Gasteiger partial charge in [0.15, 0.2) is 0 Å². The first kappa shape index (κ1) is 11.7. The van der Waals surface area contributed by atoms with Crippen molar-refractivity contribution in [3.8, 4) is 0 Å². The van der Waals surface area contributed by atoms with Crippen molar-refractivity contribution >= 4 is 29.1 Å². The second-order valence-electron chi connectivity index (χ2n) is 3.92. The molecule has 0 aliphatic carbocycles. The molecule has 0 saturated carbocycles. The number of benzene rings is 1. The van der Waals surface area contributed by atoms with E-state index in [2.05, 4.69) is 0 Å². The topological polar surface area (TPSA) is 46.3 Å². The number of carbonyl (C=O) groups excluding carboxylic acids is 1. The van der Waals surface area contributed by atoms with Gasteiger partial charge in [-0.25, -0.2) is 0 Å². The molecule has 1 aliphatic heterocycles. The SMILES string of the molecule is N[C@H]1CCN(C(=O)c2ccc(Cl)cc2Cl)C1. The summed E-state index contributed by atoms with van der Waals surface area (Å²) in [7, 11) is 0. The molecule has 0 bridgehead atoms. The van der Waals surface area contributed by atoms with Crippen LogP contribution in [0.1, 0.15) is 16.8 Å². The zero-order valence-corrected chi connectivity index (χ0v) is 10.1. The molecule has 1 atom stereocenters. The summed E-state index contributed by atoms with van der Waals surface area (Å²) < 4.78 is 0. The molecule has 1 aliphatic rings. The number of amides is 1. The van der Waals surface area contributed by atoms with Crippen molar-refractivity contribution < 1.29 is 4.79 Å². The van der Waals surface area contributed by atoms with Gasteiger partial charge in [-0.1, -0.05) is 23.2 Å². The predicted molar refractivity (Wildman–Crippen MR) is 65.0 cm³/mol. The molecule has 1 saturated heterocycles. The van der Waals surface area contributed by atoms with Gasteiger partial charge in [0, 0.05) is 24.2 Å². The van der Waals surface area contributed by atoms with E-state index in [1.807, 2.05) is 0 Å². The zero-order valence-electron chi connectivity index (χ0n) is 8.62. The fraction of sp³-hybridized carbons (Fsp3) is 0.364. The molecule has 1 fully saturated rings. The lowest BCUT2D eigenvalue weighted by Gasteiger charge is -2.16. The number of hydrogen-bond donors (Lipinski definition) is 1. The third-order valence-electron chi connectivity index (χ3n) is 2.67. The van der Waals surface area contributed by atoms with Crippen LogP contribution in [0, 0.1) is 0 Å². The third-order valence-corrected chi connectivity index (χ3v) is 3.22. The second-order valence-corrected chi connectivity index (χ2v) is 4.77. The highest BCUT2D eigenvalue weighted by Gasteiger charge is 2.25. The van der Waals surface area contributed by atoms with Gasteiger partial charge in [0.25, 0.3) is 5.91 Å². The van der Waals surface area contributed by atoms with E-state index in [4.69, 9.17) is 28.9 Å². The van der Waals surface area contributed by atoms with E-state index in [-0.39, 0.29) is 11.9 Å². The molecule has 0 unspecified atom stereocenters. The molecule has 16 heavy (non-hydrogen) atoms. The van der Waals surface area contributed by atoms with Gasteiger partial charge < -0.3 is 10.6 Å². The standard InChI is InChI=1S/C11H12Cl2N2O/c12-7-1-2-9(10(13)5-7)11(16)15-4-3-8(14)6-15/h1-2,5,8H,3-4,6,14H2/t8-/m0/s1. The molecular formula is C11H12Cl2N2O. The van der Waals surface area contributed by atoms with E-state index in [0.29, 0.717) is 28.7 Å². The van der Waals surface area contributed by atoms with E-state index >= 15 is 0 Å². The third kappa shape index (κ3) is 2.32. The largest absolute Gasteiger partial charge is 0.337 e. The highest BCUT2D eigenvalue weighted by molar-refractivity contribution is 6.36. The quantitative estimate of drug-likeness (QED) is 0.840. The highest BCUT2D eigenvalue weighted by atomic mass is 35.5. The number of nitrogens with two attached hydrogens (primary N) is 1. The number of carbonyl (C=O) groups is 1. The average Bonchev–Trinajstić information content (AvgIpc) is 2.64. The van der Waals surface area contributed by atoms with E-state index in [0.717, 1.165) is 6.42 Å². The molecule has 0 spiro atoms. The molecule has 1 heterocycles. The van der Waals surface area contributed by atoms with Crippen molar-refractivity contribution in [1.82, 2.24) is 4.90 Å². The lowest BCUT2D eigenvalue weighted by atomic mass is 10.2. The molecule has 5 heteroatoms. The van der Waals surface area contributed by atoms with Crippen LogP contribution in [0.4, 0.5) is 0 Å². The lowest BCUT2D eigenvalue weighted by Crippen LogP contribution is -2.32. The van der Waals surface area contributed by atoms with Crippen LogP contribution in [-0.4, -0.2) is 29.9 Å². The molecule has 2 N–H and O–H groups in total. The van der Waals surface area contributed by atoms with Crippen molar-refractivity contribution in [2.75, 3.05) is 13.1 Å². The molecule has 0 aromatic heterocycles. The molecule has 3 nitrogen and oxygen atoms in total. The first-order chi connectivity index (χ1) is 7.58. The number of likely N-dealkylation sites (tertiary alicyclic amines) is 1. The summed E-state index contributed by atoms with van der Waals surface area (Å²) in [6, 6.07) is 4.97. The molecule has 1 aromatic rings. The average molecular weight is 259 g/mol. The molecule has 2 rings (SSSR count). The minimum atomic E-state index is -0.0744. The number of nitrogens with zero attached hydrogens (tertiary/aromatic N) is 1. The van der Waals surface area contributed by atoms with Crippen molar-refractivity contribution in [1.29, 1.82) is 0 Å². The summed E-state index contributed by atoms with van der Waals surface area (Å²) in [5, 5.41) is 0.914. The maximum atomic E-state index is 12.1. The fourth-order valence-electron chi connectivity index (χ4n) is 1.81. The van der Waals surface area contributed by atoms with Gasteiger partial charge in [0.1, 0.15) is 0 Å². The molecule has 1 amide bonds. The highest BCUT2D eigenvalue weighted by Crippen LogP contribution is 2.23. The monoisotopic (exact) mass is 258 g/mol. The van der Waals surface area contributed by atoms with Crippen LogP contribution >= 0.6 is 23.2 Å². The van der Waals surface area contributed by atoms with Gasteiger partial charge in [-0.2, -0.15) is 0 Å². The normalized spacial score (nSPS) is 20.2. The van der Waals surface area contributed by atoms with Crippen LogP contribution < -0.4 is 5.73 Å². The van der Waals surface area contributed by atoms with Crippen LogP contribution in [0.3, 0.4) is 0 Å². The summed E-state index contributed by atoms with van der Waals surface area (Å²) in [5.74, 6) is -0.0744. The Kier molecular flexibility index (Phi) is 3.38. The Morgan fingerprint density at radius 2 is 2.19 bits per heavy atom. The van der Waals surface area contributed by atoms with E-state index in [9.17, 15) is 4.79 Å². The first-order valence-corrected chi connectivity index (χ1v) is 5.83. The minimum absolute atomic E-state index is 0.0744. The van der Waals surface area contributed by atoms with E-state index in [1.165, 1.54) is 0 Å². The Hall–Kier alpha value is -0.770. The van der Waals surface area contributed by atoms with Gasteiger partial charge in [-0.3, -0.25) is 4.79 Å². The van der Waals surface area contributed by atoms with Crippen molar-refractivity contribution in [2.45, 2.75) is 12.5 Å². The summed E-state index contributed by atoms with van der Waals surface area (Å²) in [5.41, 5.74) is 6.24. The predicted octanol–water partition coefficient (Wildman–Crippen LogP) is 2.17. The maximum absolute atomic E-state index is 12.1. The molecule has 1 aromatic carbocycles. The minimum Gasteiger partial charge on any atom is -0.337 e. The number of halogens is 2. The summed E-state index contributed by atoms with van der Waals surface area (Å²) >= 11 is 11.8. The van der Waals surface area contributed by atoms with Crippen LogP contribution in [-0.2, 0) is 0 Å². The van der Waals surface area contributed by atoms with Gasteiger partial charge in [0.2, 0.25) is 0 Å². The molecule has 86 valence electrons. The van der Waals surface area contributed by atoms with Gasteiger partial charge >= 0.3 is 0 Å². The van der Waals surface area contributed by atoms with Gasteiger partial charge in [0.05, 0.1) is 10.6 Å². The number of hydrogen-bond acceptors (Lipinski definition) is 2.